The van der Waals surface area contributed by atoms with Gasteiger partial charge in [-0.2, -0.15) is 0 Å². The van der Waals surface area contributed by atoms with Crippen LogP contribution in [-0.2, 0) is 22.0 Å². The van der Waals surface area contributed by atoms with Crippen LogP contribution >= 0.6 is 0 Å². The smallest absolute Gasteiger partial charge is 0.158 e. The zero-order valence-corrected chi connectivity index (χ0v) is 45.4. The Hall–Kier alpha value is -5.72. The van der Waals surface area contributed by atoms with Crippen LogP contribution in [0.5, 0.6) is 23.0 Å². The minimum atomic E-state index is -0.850. The van der Waals surface area contributed by atoms with Crippen molar-refractivity contribution in [1.29, 1.82) is 0 Å². The van der Waals surface area contributed by atoms with Gasteiger partial charge in [-0.1, -0.05) is 149 Å². The number of aromatic hydroxyl groups is 4. The lowest BCUT2D eigenvalue weighted by Crippen LogP contribution is -2.45. The van der Waals surface area contributed by atoms with Crippen LogP contribution in [0.15, 0.2) is 148 Å². The van der Waals surface area contributed by atoms with E-state index in [9.17, 15) is 20.4 Å². The summed E-state index contributed by atoms with van der Waals surface area (Å²) in [5, 5.41) is 45.0. The monoisotopic (exact) mass is 978 g/mol. The maximum absolute atomic E-state index is 11.4. The van der Waals surface area contributed by atoms with Gasteiger partial charge in [0.25, 0.3) is 0 Å². The van der Waals surface area contributed by atoms with Crippen LogP contribution in [0.3, 0.4) is 0 Å². The van der Waals surface area contributed by atoms with Crippen molar-refractivity contribution in [3.05, 3.63) is 171 Å². The van der Waals surface area contributed by atoms with Gasteiger partial charge in [0, 0.05) is 24.4 Å². The number of ether oxygens (including phenoxy) is 1. The second-order valence-electron chi connectivity index (χ2n) is 25.1. The number of phenols is 4. The van der Waals surface area contributed by atoms with Gasteiger partial charge in [0.05, 0.1) is 17.6 Å². The Morgan fingerprint density at radius 3 is 2.08 bits per heavy atom. The van der Waals surface area contributed by atoms with Gasteiger partial charge >= 0.3 is 0 Å². The van der Waals surface area contributed by atoms with Gasteiger partial charge in [-0.05, 0) is 194 Å². The fraction of sp³-hybridized carbons (Fsp3) is 0.463. The summed E-state index contributed by atoms with van der Waals surface area (Å²) in [4.78, 5) is 2.68. The van der Waals surface area contributed by atoms with E-state index < -0.39 is 5.41 Å². The van der Waals surface area contributed by atoms with Gasteiger partial charge in [0.1, 0.15) is 0 Å². The summed E-state index contributed by atoms with van der Waals surface area (Å²) >= 11 is 0. The molecule has 3 aromatic carbocycles. The van der Waals surface area contributed by atoms with Crippen molar-refractivity contribution >= 4 is 5.69 Å². The van der Waals surface area contributed by atoms with E-state index >= 15 is 0 Å². The molecule has 3 aromatic rings. The molecule has 0 fully saturated rings. The molecular formula is C67H79NO5. The highest BCUT2D eigenvalue weighted by Gasteiger charge is 2.58. The molecule has 6 heteroatoms. The molecule has 7 atom stereocenters. The first kappa shape index (κ1) is 49.5. The fourth-order valence-electron chi connectivity index (χ4n) is 14.7. The molecule has 0 saturated heterocycles. The topological polar surface area (TPSA) is 93.4 Å². The van der Waals surface area contributed by atoms with E-state index in [0.717, 1.165) is 80.0 Å². The van der Waals surface area contributed by atoms with Crippen molar-refractivity contribution in [3.63, 3.8) is 0 Å². The van der Waals surface area contributed by atoms with Crippen LogP contribution in [0.2, 0.25) is 0 Å². The van der Waals surface area contributed by atoms with E-state index in [-0.39, 0.29) is 68.6 Å². The SMILES string of the molecule is CCC(C)(C)c1ccc2c(c1)CCC1C=C(C(C)(C)C(C)(CC)C3C=C4C(=CC3)C3=C(CC(C(C)(C)CC)C=C3)C43c4cc(O)c(O)cc4-c4cc(O)c(O)cc43)C=CC1N2C1=CCC2CC(OC)C=CC2=C1. The van der Waals surface area contributed by atoms with Gasteiger partial charge in [0.15, 0.2) is 23.0 Å². The minimum absolute atomic E-state index is 0.0273. The molecule has 6 nitrogen and oxygen atoms in total. The second-order valence-corrected chi connectivity index (χ2v) is 25.1. The molecule has 7 unspecified atom stereocenters. The molecule has 0 aromatic heterocycles. The number of aryl methyl sites for hydroxylation is 1. The van der Waals surface area contributed by atoms with Crippen LogP contribution in [0.4, 0.5) is 5.69 Å². The number of hydrogen-bond donors (Lipinski definition) is 4. The van der Waals surface area contributed by atoms with E-state index in [1.165, 1.54) is 55.9 Å². The van der Waals surface area contributed by atoms with E-state index in [4.69, 9.17) is 4.74 Å². The molecule has 1 heterocycles. The van der Waals surface area contributed by atoms with Crippen molar-refractivity contribution in [2.75, 3.05) is 12.0 Å². The third-order valence-corrected chi connectivity index (χ3v) is 20.9. The summed E-state index contributed by atoms with van der Waals surface area (Å²) in [5.41, 5.74) is 15.3. The number of benzene rings is 3. The van der Waals surface area contributed by atoms with E-state index in [1.54, 1.807) is 24.3 Å². The van der Waals surface area contributed by atoms with Gasteiger partial charge in [-0.15, -0.1) is 0 Å². The molecule has 0 radical (unpaired) electrons. The van der Waals surface area contributed by atoms with Crippen LogP contribution in [0, 0.1) is 39.9 Å². The summed E-state index contributed by atoms with van der Waals surface area (Å²) in [6.45, 7) is 23.9. The highest BCUT2D eigenvalue weighted by atomic mass is 16.5. The Kier molecular flexibility index (Phi) is 11.8. The number of phenolic OH excluding ortho intramolecular Hbond substituents is 4. The highest BCUT2D eigenvalue weighted by molar-refractivity contribution is 5.93. The normalized spacial score (nSPS) is 26.5. The van der Waals surface area contributed by atoms with Gasteiger partial charge < -0.3 is 30.1 Å². The Balaban J connectivity index is 1.01. The Labute approximate surface area is 435 Å². The first-order chi connectivity index (χ1) is 34.7. The van der Waals surface area contributed by atoms with Crippen molar-refractivity contribution < 1.29 is 25.2 Å². The maximum atomic E-state index is 11.4. The fourth-order valence-corrected chi connectivity index (χ4v) is 14.7. The molecule has 73 heavy (non-hydrogen) atoms. The molecule has 4 N–H and O–H groups in total. The molecule has 8 aliphatic rings. The average Bonchev–Trinajstić information content (AvgIpc) is 3.74. The predicted octanol–water partition coefficient (Wildman–Crippen LogP) is 15.8. The van der Waals surface area contributed by atoms with Crippen LogP contribution in [0.25, 0.3) is 11.1 Å². The molecule has 1 aliphatic heterocycles. The number of hydrogen-bond acceptors (Lipinski definition) is 6. The lowest BCUT2D eigenvalue weighted by Gasteiger charge is -2.52. The maximum Gasteiger partial charge on any atom is 0.158 e. The quantitative estimate of drug-likeness (QED) is 0.151. The van der Waals surface area contributed by atoms with Crippen molar-refractivity contribution in [1.82, 2.24) is 0 Å². The zero-order chi connectivity index (χ0) is 51.7. The van der Waals surface area contributed by atoms with Gasteiger partial charge in [-0.3, -0.25) is 0 Å². The Morgan fingerprint density at radius 2 is 1.42 bits per heavy atom. The molecule has 382 valence electrons. The molecule has 1 spiro atoms. The van der Waals surface area contributed by atoms with Crippen molar-refractivity contribution in [3.8, 4) is 34.1 Å². The summed E-state index contributed by atoms with van der Waals surface area (Å²) < 4.78 is 5.79. The average molecular weight is 978 g/mol. The molecule has 0 saturated carbocycles. The molecule has 0 amide bonds. The standard InChI is InChI=1S/C67H79NO5/c1-12-63(4,5)43-21-27-57-41(29-43)15-16-42-30-45(22-28-58(42)68(57)47-23-17-40-32-48(73-11)24-18-39(40)31-47)65(8,9)66(10,14-3)46-20-26-50-49-25-19-44(64(6,7)13-2)33-53(49)67(54(50)34-46)55-37-61(71)59(69)35-51(55)52-36-60(70)62(72)38-56(52)67/h18-19,21-31,34-38,40,42,44,46,48,58,69-72H,12-17,20,32-33H2,1-11H3. The van der Waals surface area contributed by atoms with E-state index in [2.05, 4.69) is 159 Å². The summed E-state index contributed by atoms with van der Waals surface area (Å²) in [6.07, 6.45) is 36.1. The van der Waals surface area contributed by atoms with Crippen molar-refractivity contribution in [2.24, 2.45) is 39.9 Å². The number of methoxy groups -OCH3 is 1. The molecular weight excluding hydrogens is 899 g/mol. The number of fused-ring (bicyclic) bond motifs is 12. The van der Waals surface area contributed by atoms with E-state index in [1.807, 2.05) is 7.11 Å². The predicted molar refractivity (Wildman–Crippen MR) is 298 cm³/mol. The molecule has 11 rings (SSSR count). The number of anilines is 1. The first-order valence-corrected chi connectivity index (χ1v) is 27.7. The van der Waals surface area contributed by atoms with Gasteiger partial charge in [0.2, 0.25) is 0 Å². The number of nitrogens with zero attached hydrogens (tertiary/aromatic N) is 1. The Morgan fingerprint density at radius 1 is 0.726 bits per heavy atom. The second kappa shape index (κ2) is 17.4. The van der Waals surface area contributed by atoms with Crippen molar-refractivity contribution in [2.45, 2.75) is 150 Å². The third kappa shape index (κ3) is 7.33. The summed E-state index contributed by atoms with van der Waals surface area (Å²) in [6, 6.07) is 14.3. The summed E-state index contributed by atoms with van der Waals surface area (Å²) in [5.74, 6) is 0.413. The lowest BCUT2D eigenvalue weighted by molar-refractivity contribution is 0.0685. The highest BCUT2D eigenvalue weighted by Crippen LogP contribution is 2.69. The van der Waals surface area contributed by atoms with Crippen LogP contribution < -0.4 is 4.90 Å². The lowest BCUT2D eigenvalue weighted by atomic mass is 9.53. The van der Waals surface area contributed by atoms with Gasteiger partial charge in [-0.25, -0.2) is 0 Å². The zero-order valence-electron chi connectivity index (χ0n) is 45.4. The third-order valence-electron chi connectivity index (χ3n) is 20.9. The van der Waals surface area contributed by atoms with E-state index in [0.29, 0.717) is 11.8 Å². The molecule has 7 aliphatic carbocycles. The van der Waals surface area contributed by atoms with Crippen LogP contribution in [-0.4, -0.2) is 39.7 Å². The minimum Gasteiger partial charge on any atom is -0.504 e. The molecule has 0 bridgehead atoms. The number of rotatable bonds is 10. The summed E-state index contributed by atoms with van der Waals surface area (Å²) in [7, 11) is 1.82. The van der Waals surface area contributed by atoms with Crippen LogP contribution in [0.1, 0.15) is 143 Å². The Bertz CT molecular complexity index is 3040. The first-order valence-electron chi connectivity index (χ1n) is 27.7. The number of allylic oxidation sites excluding steroid dienone is 14. The largest absolute Gasteiger partial charge is 0.504 e.